The molecule has 0 saturated carbocycles. The predicted molar refractivity (Wildman–Crippen MR) is 92.6 cm³/mol. The highest BCUT2D eigenvalue weighted by atomic mass is 32.2. The van der Waals surface area contributed by atoms with Crippen molar-refractivity contribution in [2.75, 3.05) is 24.3 Å². The van der Waals surface area contributed by atoms with Crippen LogP contribution in [0.15, 0.2) is 38.4 Å². The lowest BCUT2D eigenvalue weighted by atomic mass is 10.2. The number of aryl methyl sites for hydroxylation is 1. The highest BCUT2D eigenvalue weighted by Gasteiger charge is 2.27. The van der Waals surface area contributed by atoms with Gasteiger partial charge in [-0.3, -0.25) is 4.79 Å². The first-order valence-electron chi connectivity index (χ1n) is 8.10. The Bertz CT molecular complexity index is 1140. The third-order valence-electron chi connectivity index (χ3n) is 3.68. The van der Waals surface area contributed by atoms with Crippen LogP contribution in [-0.2, 0) is 14.6 Å². The van der Waals surface area contributed by atoms with Crippen molar-refractivity contribution in [3.8, 4) is 23.0 Å². The highest BCUT2D eigenvalue weighted by molar-refractivity contribution is 7.91. The van der Waals surface area contributed by atoms with E-state index < -0.39 is 26.7 Å². The molecule has 0 bridgehead atoms. The summed E-state index contributed by atoms with van der Waals surface area (Å²) in [5.74, 6) is -0.0765. The van der Waals surface area contributed by atoms with Crippen LogP contribution in [0.4, 0.5) is 5.82 Å². The minimum Gasteiger partial charge on any atom is -0.486 e. The van der Waals surface area contributed by atoms with E-state index in [1.165, 1.54) is 6.07 Å². The fourth-order valence-corrected chi connectivity index (χ4v) is 3.38. The minimum absolute atomic E-state index is 0.0249. The Balaban J connectivity index is 1.50. The molecule has 1 aromatic carbocycles. The Labute approximate surface area is 158 Å². The molecule has 0 fully saturated rings. The molecule has 4 rings (SSSR count). The number of benzene rings is 1. The zero-order valence-electron chi connectivity index (χ0n) is 14.5. The standard InChI is InChI=1S/C16H14N4O7S/c1-9-6-13(20-27-9)17-14(21)8-28(22,23)16-19-18-15(26-16)10-2-3-11-12(7-10)25-5-4-24-11/h2-3,6-7H,4-5,8H2,1H3,(H,17,20,21). The normalized spacial score (nSPS) is 13.3. The number of aromatic nitrogens is 3. The molecule has 1 aliphatic rings. The van der Waals surface area contributed by atoms with Crippen LogP contribution in [0.1, 0.15) is 5.76 Å². The maximum Gasteiger partial charge on any atom is 0.336 e. The van der Waals surface area contributed by atoms with E-state index in [9.17, 15) is 13.2 Å². The summed E-state index contributed by atoms with van der Waals surface area (Å²) in [6.07, 6.45) is 0. The van der Waals surface area contributed by atoms with Crippen molar-refractivity contribution in [3.63, 3.8) is 0 Å². The molecule has 0 aliphatic carbocycles. The molecule has 0 radical (unpaired) electrons. The van der Waals surface area contributed by atoms with Gasteiger partial charge in [0.1, 0.15) is 24.7 Å². The maximum absolute atomic E-state index is 12.4. The summed E-state index contributed by atoms with van der Waals surface area (Å²) < 4.78 is 45.7. The van der Waals surface area contributed by atoms with E-state index in [1.807, 2.05) is 0 Å². The summed E-state index contributed by atoms with van der Waals surface area (Å²) in [5, 5.41) is 12.5. The molecule has 1 amide bonds. The van der Waals surface area contributed by atoms with Crippen molar-refractivity contribution in [1.29, 1.82) is 0 Å². The summed E-state index contributed by atoms with van der Waals surface area (Å²) in [6, 6.07) is 6.36. The van der Waals surface area contributed by atoms with E-state index in [-0.39, 0.29) is 11.7 Å². The van der Waals surface area contributed by atoms with Crippen LogP contribution in [0, 0.1) is 6.92 Å². The summed E-state index contributed by atoms with van der Waals surface area (Å²) >= 11 is 0. The Hall–Kier alpha value is -3.41. The Morgan fingerprint density at radius 1 is 1.14 bits per heavy atom. The molecule has 3 aromatic rings. The zero-order valence-corrected chi connectivity index (χ0v) is 15.4. The second-order valence-corrected chi connectivity index (χ2v) is 7.73. The van der Waals surface area contributed by atoms with Gasteiger partial charge in [-0.2, -0.15) is 0 Å². The summed E-state index contributed by atoms with van der Waals surface area (Å²) in [4.78, 5) is 12.0. The van der Waals surface area contributed by atoms with Gasteiger partial charge in [0.2, 0.25) is 21.6 Å². The maximum atomic E-state index is 12.4. The van der Waals surface area contributed by atoms with Crippen LogP contribution in [0.5, 0.6) is 11.5 Å². The first kappa shape index (κ1) is 18.0. The molecular weight excluding hydrogens is 392 g/mol. The van der Waals surface area contributed by atoms with Crippen molar-refractivity contribution >= 4 is 21.6 Å². The fourth-order valence-electron chi connectivity index (χ4n) is 2.47. The molecule has 1 N–H and O–H groups in total. The Morgan fingerprint density at radius 3 is 2.68 bits per heavy atom. The van der Waals surface area contributed by atoms with Gasteiger partial charge >= 0.3 is 5.22 Å². The van der Waals surface area contributed by atoms with Crippen molar-refractivity contribution in [3.05, 3.63) is 30.0 Å². The number of amides is 1. The minimum atomic E-state index is -4.14. The number of carbonyl (C=O) groups excluding carboxylic acids is 1. The number of carbonyl (C=O) groups is 1. The topological polar surface area (TPSA) is 147 Å². The second-order valence-electron chi connectivity index (χ2n) is 5.86. The van der Waals surface area contributed by atoms with Crippen molar-refractivity contribution < 1.29 is 31.6 Å². The van der Waals surface area contributed by atoms with E-state index in [0.717, 1.165) is 0 Å². The van der Waals surface area contributed by atoms with E-state index in [4.69, 9.17) is 18.4 Å². The van der Waals surface area contributed by atoms with Crippen LogP contribution < -0.4 is 14.8 Å². The van der Waals surface area contributed by atoms with Gasteiger partial charge in [-0.15, -0.1) is 5.10 Å². The van der Waals surface area contributed by atoms with E-state index in [2.05, 4.69) is 20.7 Å². The van der Waals surface area contributed by atoms with Crippen LogP contribution >= 0.6 is 0 Å². The van der Waals surface area contributed by atoms with Crippen molar-refractivity contribution in [2.24, 2.45) is 0 Å². The number of nitrogens with one attached hydrogen (secondary N) is 1. The average molecular weight is 406 g/mol. The third-order valence-corrected chi connectivity index (χ3v) is 5.02. The number of ether oxygens (including phenoxy) is 2. The molecule has 0 atom stereocenters. The lowest BCUT2D eigenvalue weighted by Gasteiger charge is -2.18. The fraction of sp³-hybridized carbons (Fsp3) is 0.250. The Morgan fingerprint density at radius 2 is 1.93 bits per heavy atom. The third kappa shape index (κ3) is 3.67. The van der Waals surface area contributed by atoms with Crippen LogP contribution in [0.3, 0.4) is 0 Å². The number of rotatable bonds is 5. The van der Waals surface area contributed by atoms with Crippen LogP contribution in [0.25, 0.3) is 11.5 Å². The molecule has 12 heteroatoms. The number of anilines is 1. The van der Waals surface area contributed by atoms with Gasteiger partial charge in [0.25, 0.3) is 0 Å². The lowest BCUT2D eigenvalue weighted by Crippen LogP contribution is -2.23. The van der Waals surface area contributed by atoms with Crippen LogP contribution in [-0.4, -0.2) is 48.6 Å². The summed E-state index contributed by atoms with van der Waals surface area (Å²) in [5.41, 5.74) is 0.459. The van der Waals surface area contributed by atoms with Gasteiger partial charge < -0.3 is 23.7 Å². The molecule has 2 aromatic heterocycles. The van der Waals surface area contributed by atoms with Gasteiger partial charge in [-0.25, -0.2) is 8.42 Å². The second kappa shape index (κ2) is 6.96. The first-order chi connectivity index (χ1) is 13.4. The molecule has 11 nitrogen and oxygen atoms in total. The quantitative estimate of drug-likeness (QED) is 0.656. The smallest absolute Gasteiger partial charge is 0.336 e. The van der Waals surface area contributed by atoms with Gasteiger partial charge in [0, 0.05) is 11.6 Å². The predicted octanol–water partition coefficient (Wildman–Crippen LogP) is 1.22. The average Bonchev–Trinajstić information content (AvgIpc) is 3.30. The van der Waals surface area contributed by atoms with Gasteiger partial charge in [-0.1, -0.05) is 10.3 Å². The zero-order chi connectivity index (χ0) is 19.7. The van der Waals surface area contributed by atoms with Gasteiger partial charge in [0.15, 0.2) is 17.3 Å². The number of nitrogens with zero attached hydrogens (tertiary/aromatic N) is 3. The number of sulfone groups is 1. The van der Waals surface area contributed by atoms with E-state index in [0.29, 0.717) is 36.0 Å². The molecule has 28 heavy (non-hydrogen) atoms. The molecule has 3 heterocycles. The molecule has 0 saturated heterocycles. The largest absolute Gasteiger partial charge is 0.486 e. The number of fused-ring (bicyclic) bond motifs is 1. The SMILES string of the molecule is Cc1cc(NC(=O)CS(=O)(=O)c2nnc(-c3ccc4c(c3)OCCO4)o2)no1. The Kier molecular flexibility index (Phi) is 4.47. The summed E-state index contributed by atoms with van der Waals surface area (Å²) in [6.45, 7) is 2.49. The van der Waals surface area contributed by atoms with E-state index >= 15 is 0 Å². The van der Waals surface area contributed by atoms with Gasteiger partial charge in [-0.05, 0) is 25.1 Å². The molecule has 146 valence electrons. The van der Waals surface area contributed by atoms with Crippen LogP contribution in [0.2, 0.25) is 0 Å². The summed E-state index contributed by atoms with van der Waals surface area (Å²) in [7, 11) is -4.14. The molecule has 1 aliphatic heterocycles. The molecule has 0 unspecified atom stereocenters. The van der Waals surface area contributed by atoms with Crippen molar-refractivity contribution in [1.82, 2.24) is 15.4 Å². The highest BCUT2D eigenvalue weighted by Crippen LogP contribution is 2.34. The molecule has 0 spiro atoms. The van der Waals surface area contributed by atoms with Crippen molar-refractivity contribution in [2.45, 2.75) is 12.1 Å². The van der Waals surface area contributed by atoms with E-state index in [1.54, 1.807) is 25.1 Å². The number of hydrogen-bond acceptors (Lipinski definition) is 10. The number of hydrogen-bond donors (Lipinski definition) is 1. The first-order valence-corrected chi connectivity index (χ1v) is 9.75. The van der Waals surface area contributed by atoms with Gasteiger partial charge in [0.05, 0.1) is 0 Å². The molecular formula is C16H14N4O7S. The lowest BCUT2D eigenvalue weighted by molar-refractivity contribution is -0.113. The monoisotopic (exact) mass is 406 g/mol.